The van der Waals surface area contributed by atoms with E-state index in [9.17, 15) is 4.79 Å². The Bertz CT molecular complexity index is 569. The number of rotatable bonds is 5. The molecule has 1 saturated carbocycles. The molecule has 4 nitrogen and oxygen atoms in total. The van der Waals surface area contributed by atoms with E-state index >= 15 is 0 Å². The zero-order chi connectivity index (χ0) is 16.7. The van der Waals surface area contributed by atoms with Gasteiger partial charge in [0.2, 0.25) is 0 Å². The fourth-order valence-corrected chi connectivity index (χ4v) is 5.31. The minimum atomic E-state index is 0.236. The van der Waals surface area contributed by atoms with Gasteiger partial charge in [-0.2, -0.15) is 11.3 Å². The number of nitrogens with zero attached hydrogens (tertiary/aromatic N) is 3. The van der Waals surface area contributed by atoms with Gasteiger partial charge in [-0.15, -0.1) is 0 Å². The van der Waals surface area contributed by atoms with E-state index in [1.54, 1.807) is 11.3 Å². The van der Waals surface area contributed by atoms with Gasteiger partial charge >= 0.3 is 0 Å². The summed E-state index contributed by atoms with van der Waals surface area (Å²) < 4.78 is 0. The zero-order valence-corrected chi connectivity index (χ0v) is 15.7. The SMILES string of the molecule is CN(C)C[C@@H]1C[C@@H]2CN(C(=O)c3ccsc3)CC[C@@H]2N1CC1CC1. The van der Waals surface area contributed by atoms with Crippen molar-refractivity contribution in [3.05, 3.63) is 22.4 Å². The lowest BCUT2D eigenvalue weighted by Crippen LogP contribution is -2.49. The summed E-state index contributed by atoms with van der Waals surface area (Å²) in [5.74, 6) is 1.84. The average Bonchev–Trinajstić information content (AvgIpc) is 3.08. The summed E-state index contributed by atoms with van der Waals surface area (Å²) in [4.78, 5) is 19.9. The van der Waals surface area contributed by atoms with Crippen molar-refractivity contribution in [3.8, 4) is 0 Å². The van der Waals surface area contributed by atoms with E-state index in [2.05, 4.69) is 28.8 Å². The van der Waals surface area contributed by atoms with Crippen LogP contribution in [0.25, 0.3) is 0 Å². The number of likely N-dealkylation sites (tertiary alicyclic amines) is 2. The fraction of sp³-hybridized carbons (Fsp3) is 0.737. The highest BCUT2D eigenvalue weighted by molar-refractivity contribution is 7.08. The van der Waals surface area contributed by atoms with E-state index < -0.39 is 0 Å². The predicted octanol–water partition coefficient (Wildman–Crippen LogP) is 2.62. The first-order valence-electron chi connectivity index (χ1n) is 9.33. The molecule has 0 spiro atoms. The van der Waals surface area contributed by atoms with E-state index in [-0.39, 0.29) is 5.91 Å². The summed E-state index contributed by atoms with van der Waals surface area (Å²) in [5.41, 5.74) is 0.871. The predicted molar refractivity (Wildman–Crippen MR) is 98.5 cm³/mol. The van der Waals surface area contributed by atoms with E-state index in [0.717, 1.165) is 37.5 Å². The Kier molecular flexibility index (Phi) is 4.67. The molecule has 4 rings (SSSR count). The zero-order valence-electron chi connectivity index (χ0n) is 14.9. The smallest absolute Gasteiger partial charge is 0.254 e. The normalized spacial score (nSPS) is 30.8. The van der Waals surface area contributed by atoms with Gasteiger partial charge in [0.15, 0.2) is 0 Å². The molecule has 1 aromatic heterocycles. The van der Waals surface area contributed by atoms with Crippen LogP contribution >= 0.6 is 11.3 Å². The Balaban J connectivity index is 1.44. The molecule has 3 heterocycles. The van der Waals surface area contributed by atoms with Gasteiger partial charge in [0, 0.05) is 43.6 Å². The number of amides is 1. The lowest BCUT2D eigenvalue weighted by atomic mass is 9.91. The van der Waals surface area contributed by atoms with Crippen LogP contribution in [-0.4, -0.2) is 73.0 Å². The summed E-state index contributed by atoms with van der Waals surface area (Å²) in [7, 11) is 4.37. The molecule has 1 amide bonds. The number of thiophene rings is 1. The molecule has 0 bridgehead atoms. The lowest BCUT2D eigenvalue weighted by molar-refractivity contribution is 0.0571. The average molecular weight is 348 g/mol. The quantitative estimate of drug-likeness (QED) is 0.819. The third-order valence-corrected chi connectivity index (χ3v) is 6.64. The van der Waals surface area contributed by atoms with Crippen LogP contribution in [0.1, 0.15) is 36.0 Å². The number of carbonyl (C=O) groups is 1. The molecule has 3 fully saturated rings. The van der Waals surface area contributed by atoms with Crippen LogP contribution in [-0.2, 0) is 0 Å². The van der Waals surface area contributed by atoms with E-state index in [0.29, 0.717) is 18.0 Å². The molecule has 5 heteroatoms. The summed E-state index contributed by atoms with van der Waals surface area (Å²) in [5, 5.41) is 3.98. The first-order valence-corrected chi connectivity index (χ1v) is 10.3. The van der Waals surface area contributed by atoms with Gasteiger partial charge in [-0.25, -0.2) is 0 Å². The second-order valence-corrected chi connectivity index (χ2v) is 8.95. The van der Waals surface area contributed by atoms with Crippen molar-refractivity contribution in [3.63, 3.8) is 0 Å². The maximum absolute atomic E-state index is 12.7. The molecule has 132 valence electrons. The Hall–Kier alpha value is -0.910. The third kappa shape index (κ3) is 3.39. The Morgan fingerprint density at radius 2 is 2.17 bits per heavy atom. The molecule has 0 unspecified atom stereocenters. The Morgan fingerprint density at radius 1 is 1.33 bits per heavy atom. The number of hydrogen-bond donors (Lipinski definition) is 0. The number of fused-ring (bicyclic) bond motifs is 1. The monoisotopic (exact) mass is 347 g/mol. The van der Waals surface area contributed by atoms with Crippen LogP contribution in [0.15, 0.2) is 16.8 Å². The molecule has 0 aromatic carbocycles. The molecule has 1 aliphatic carbocycles. The molecule has 0 radical (unpaired) electrons. The lowest BCUT2D eigenvalue weighted by Gasteiger charge is -2.39. The van der Waals surface area contributed by atoms with Crippen molar-refractivity contribution in [2.45, 2.75) is 37.8 Å². The highest BCUT2D eigenvalue weighted by Crippen LogP contribution is 2.40. The van der Waals surface area contributed by atoms with Crippen molar-refractivity contribution < 1.29 is 4.79 Å². The van der Waals surface area contributed by atoms with Crippen molar-refractivity contribution in [1.29, 1.82) is 0 Å². The number of carbonyl (C=O) groups excluding carboxylic acids is 1. The van der Waals surface area contributed by atoms with E-state index in [4.69, 9.17) is 0 Å². The van der Waals surface area contributed by atoms with E-state index in [1.807, 2.05) is 16.8 Å². The highest BCUT2D eigenvalue weighted by atomic mass is 32.1. The van der Waals surface area contributed by atoms with Gasteiger partial charge in [0.1, 0.15) is 0 Å². The maximum Gasteiger partial charge on any atom is 0.254 e. The first kappa shape index (κ1) is 16.6. The van der Waals surface area contributed by atoms with Gasteiger partial charge in [-0.05, 0) is 63.1 Å². The first-order chi connectivity index (χ1) is 11.6. The molecule has 0 N–H and O–H groups in total. The van der Waals surface area contributed by atoms with Gasteiger partial charge in [0.25, 0.3) is 5.91 Å². The maximum atomic E-state index is 12.7. The number of hydrogen-bond acceptors (Lipinski definition) is 4. The van der Waals surface area contributed by atoms with Crippen LogP contribution in [0.4, 0.5) is 0 Å². The molecule has 2 aliphatic heterocycles. The molecule has 3 aliphatic rings. The third-order valence-electron chi connectivity index (χ3n) is 5.96. The number of likely N-dealkylation sites (N-methyl/N-ethyl adjacent to an activating group) is 1. The Morgan fingerprint density at radius 3 is 2.83 bits per heavy atom. The van der Waals surface area contributed by atoms with Crippen LogP contribution in [0.5, 0.6) is 0 Å². The van der Waals surface area contributed by atoms with Crippen molar-refractivity contribution in [2.75, 3.05) is 40.3 Å². The second-order valence-electron chi connectivity index (χ2n) is 8.17. The highest BCUT2D eigenvalue weighted by Gasteiger charge is 2.46. The van der Waals surface area contributed by atoms with Crippen LogP contribution in [0.3, 0.4) is 0 Å². The van der Waals surface area contributed by atoms with Crippen LogP contribution < -0.4 is 0 Å². The summed E-state index contributed by atoms with van der Waals surface area (Å²) in [6.45, 7) is 4.31. The molecular weight excluding hydrogens is 318 g/mol. The molecule has 24 heavy (non-hydrogen) atoms. The van der Waals surface area contributed by atoms with Gasteiger partial charge in [-0.1, -0.05) is 0 Å². The molecular formula is C19H29N3OS. The minimum Gasteiger partial charge on any atom is -0.338 e. The largest absolute Gasteiger partial charge is 0.338 e. The van der Waals surface area contributed by atoms with E-state index in [1.165, 1.54) is 25.8 Å². The Labute approximate surface area is 149 Å². The number of piperidine rings is 1. The second kappa shape index (κ2) is 6.77. The summed E-state index contributed by atoms with van der Waals surface area (Å²) in [6.07, 6.45) is 5.25. The standard InChI is InChI=1S/C19H29N3OS/c1-20(2)12-17-9-16-11-21(19(23)15-6-8-24-13-15)7-5-18(16)22(17)10-14-3-4-14/h6,8,13-14,16-18H,3-5,7,9-12H2,1-2H3/t16-,17+,18+/m1/s1. The minimum absolute atomic E-state index is 0.236. The molecule has 1 aromatic rings. The fourth-order valence-electron chi connectivity index (χ4n) is 4.68. The van der Waals surface area contributed by atoms with Gasteiger partial charge < -0.3 is 9.80 Å². The van der Waals surface area contributed by atoms with Gasteiger partial charge in [0.05, 0.1) is 5.56 Å². The van der Waals surface area contributed by atoms with Crippen molar-refractivity contribution in [2.24, 2.45) is 11.8 Å². The summed E-state index contributed by atoms with van der Waals surface area (Å²) >= 11 is 1.61. The topological polar surface area (TPSA) is 26.8 Å². The summed E-state index contributed by atoms with van der Waals surface area (Å²) in [6, 6.07) is 3.33. The van der Waals surface area contributed by atoms with Crippen LogP contribution in [0, 0.1) is 11.8 Å². The van der Waals surface area contributed by atoms with Gasteiger partial charge in [-0.3, -0.25) is 9.69 Å². The molecule has 3 atom stereocenters. The van der Waals surface area contributed by atoms with Crippen molar-refractivity contribution in [1.82, 2.24) is 14.7 Å². The molecule has 2 saturated heterocycles. The van der Waals surface area contributed by atoms with Crippen molar-refractivity contribution >= 4 is 17.2 Å². The van der Waals surface area contributed by atoms with Crippen LogP contribution in [0.2, 0.25) is 0 Å².